The van der Waals surface area contributed by atoms with E-state index in [1.54, 1.807) is 7.11 Å². The Hall–Kier alpha value is -0.600. The van der Waals surface area contributed by atoms with Crippen molar-refractivity contribution in [2.24, 2.45) is 0 Å². The molecule has 0 fully saturated rings. The molecule has 0 N–H and O–H groups in total. The van der Waals surface area contributed by atoms with Crippen molar-refractivity contribution in [1.29, 1.82) is 0 Å². The summed E-state index contributed by atoms with van der Waals surface area (Å²) in [5, 5.41) is 0. The summed E-state index contributed by atoms with van der Waals surface area (Å²) in [5.74, 6) is 0. The Morgan fingerprint density at radius 2 is 2.12 bits per heavy atom. The molecule has 0 aliphatic carbocycles. The first-order valence-electron chi connectivity index (χ1n) is 6.75. The number of hydrogen-bond donors (Lipinski definition) is 0. The van der Waals surface area contributed by atoms with Crippen LogP contribution >= 0.6 is 0 Å². The maximum atomic E-state index is 5.63. The quantitative estimate of drug-likeness (QED) is 0.646. The molecule has 1 rings (SSSR count). The summed E-state index contributed by atoms with van der Waals surface area (Å²) in [6.07, 6.45) is 14.0. The molecule has 98 valence electrons. The molecule has 17 heavy (non-hydrogen) atoms. The van der Waals surface area contributed by atoms with Gasteiger partial charge in [-0.25, -0.2) is 0 Å². The largest absolute Gasteiger partial charge is 0.377 e. The molecule has 1 aliphatic rings. The molecular formula is C15H26O2. The van der Waals surface area contributed by atoms with E-state index >= 15 is 0 Å². The highest BCUT2D eigenvalue weighted by molar-refractivity contribution is 4.99. The van der Waals surface area contributed by atoms with Crippen molar-refractivity contribution in [3.8, 4) is 0 Å². The van der Waals surface area contributed by atoms with Gasteiger partial charge in [0.2, 0.25) is 0 Å². The molecule has 2 heteroatoms. The zero-order valence-electron chi connectivity index (χ0n) is 11.3. The van der Waals surface area contributed by atoms with Gasteiger partial charge in [0.15, 0.2) is 0 Å². The smallest absolute Gasteiger partial charge is 0.0755 e. The molecule has 0 amide bonds. The Kier molecular flexibility index (Phi) is 8.02. The summed E-state index contributed by atoms with van der Waals surface area (Å²) in [6, 6.07) is 0. The zero-order valence-corrected chi connectivity index (χ0v) is 11.3. The summed E-state index contributed by atoms with van der Waals surface area (Å²) < 4.78 is 11.1. The van der Waals surface area contributed by atoms with E-state index in [4.69, 9.17) is 9.47 Å². The summed E-state index contributed by atoms with van der Waals surface area (Å²) in [5.41, 5.74) is 1.33. The first-order chi connectivity index (χ1) is 8.33. The Balaban J connectivity index is 2.43. The topological polar surface area (TPSA) is 18.5 Å². The van der Waals surface area contributed by atoms with E-state index in [0.29, 0.717) is 0 Å². The molecule has 0 saturated carbocycles. The van der Waals surface area contributed by atoms with Crippen molar-refractivity contribution in [3.63, 3.8) is 0 Å². The monoisotopic (exact) mass is 238 g/mol. The molecule has 0 aromatic heterocycles. The van der Waals surface area contributed by atoms with E-state index in [1.807, 2.05) is 0 Å². The normalized spacial score (nSPS) is 30.0. The minimum Gasteiger partial charge on any atom is -0.377 e. The fourth-order valence-corrected chi connectivity index (χ4v) is 1.97. The predicted molar refractivity (Wildman–Crippen MR) is 72.2 cm³/mol. The van der Waals surface area contributed by atoms with E-state index in [1.165, 1.54) is 24.8 Å². The fraction of sp³-hybridized carbons (Fsp3) is 0.733. The number of rotatable bonds is 1. The molecule has 2 nitrogen and oxygen atoms in total. The van der Waals surface area contributed by atoms with Crippen LogP contribution in [0.5, 0.6) is 0 Å². The SMILES string of the molecule is COC1/C=C/CCCCCOC/C(C)=C\CC1. The highest BCUT2D eigenvalue weighted by Crippen LogP contribution is 2.09. The minimum absolute atomic E-state index is 0.267. The van der Waals surface area contributed by atoms with Gasteiger partial charge in [-0.3, -0.25) is 0 Å². The van der Waals surface area contributed by atoms with Gasteiger partial charge in [-0.15, -0.1) is 0 Å². The highest BCUT2D eigenvalue weighted by atomic mass is 16.5. The Bertz CT molecular complexity index is 243. The predicted octanol–water partition coefficient (Wildman–Crippen LogP) is 3.87. The summed E-state index contributed by atoms with van der Waals surface area (Å²) in [7, 11) is 1.79. The van der Waals surface area contributed by atoms with Crippen LogP contribution in [0.25, 0.3) is 0 Å². The van der Waals surface area contributed by atoms with Gasteiger partial charge in [0, 0.05) is 13.7 Å². The second-order valence-corrected chi connectivity index (χ2v) is 4.73. The van der Waals surface area contributed by atoms with Crippen molar-refractivity contribution in [3.05, 3.63) is 23.8 Å². The Morgan fingerprint density at radius 3 is 2.94 bits per heavy atom. The molecular weight excluding hydrogens is 212 g/mol. The van der Waals surface area contributed by atoms with Crippen LogP contribution in [0.1, 0.15) is 45.4 Å². The average Bonchev–Trinajstić information content (AvgIpc) is 2.34. The van der Waals surface area contributed by atoms with Crippen LogP contribution in [0, 0.1) is 0 Å². The van der Waals surface area contributed by atoms with Crippen LogP contribution in [0.15, 0.2) is 23.8 Å². The molecule has 0 bridgehead atoms. The van der Waals surface area contributed by atoms with Crippen molar-refractivity contribution in [1.82, 2.24) is 0 Å². The number of allylic oxidation sites excluding steroid dienone is 2. The lowest BCUT2D eigenvalue weighted by atomic mass is 10.1. The van der Waals surface area contributed by atoms with Crippen molar-refractivity contribution in [2.45, 2.75) is 51.6 Å². The third-order valence-electron chi connectivity index (χ3n) is 3.09. The number of ether oxygens (including phenoxy) is 2. The van der Waals surface area contributed by atoms with E-state index in [-0.39, 0.29) is 6.10 Å². The molecule has 1 aliphatic heterocycles. The lowest BCUT2D eigenvalue weighted by Gasteiger charge is -2.10. The van der Waals surface area contributed by atoms with Gasteiger partial charge in [-0.2, -0.15) is 0 Å². The second-order valence-electron chi connectivity index (χ2n) is 4.73. The molecule has 0 aromatic carbocycles. The minimum atomic E-state index is 0.267. The highest BCUT2D eigenvalue weighted by Gasteiger charge is 2.01. The van der Waals surface area contributed by atoms with Crippen LogP contribution in [0.4, 0.5) is 0 Å². The number of methoxy groups -OCH3 is 1. The van der Waals surface area contributed by atoms with Crippen LogP contribution in [0.3, 0.4) is 0 Å². The van der Waals surface area contributed by atoms with Crippen LogP contribution in [-0.2, 0) is 9.47 Å². The van der Waals surface area contributed by atoms with Gasteiger partial charge in [-0.05, 0) is 39.0 Å². The first kappa shape index (κ1) is 14.5. The standard InChI is InChI=1S/C15H26O2/c1-14-9-8-11-15(16-2)10-6-4-3-5-7-12-17-13-14/h6,9-10,15H,3-5,7-8,11-13H2,1-2H3/b10-6+,14-9-. The van der Waals surface area contributed by atoms with E-state index in [2.05, 4.69) is 25.2 Å². The lowest BCUT2D eigenvalue weighted by Crippen LogP contribution is -2.06. The average molecular weight is 238 g/mol. The lowest BCUT2D eigenvalue weighted by molar-refractivity contribution is 0.133. The van der Waals surface area contributed by atoms with Gasteiger partial charge in [0.1, 0.15) is 0 Å². The molecule has 0 aromatic rings. The molecule has 0 spiro atoms. The van der Waals surface area contributed by atoms with Crippen molar-refractivity contribution in [2.75, 3.05) is 20.3 Å². The van der Waals surface area contributed by atoms with E-state index < -0.39 is 0 Å². The Labute approximate surface area is 106 Å². The van der Waals surface area contributed by atoms with Crippen molar-refractivity contribution < 1.29 is 9.47 Å². The van der Waals surface area contributed by atoms with Gasteiger partial charge >= 0.3 is 0 Å². The van der Waals surface area contributed by atoms with Crippen LogP contribution in [-0.4, -0.2) is 26.4 Å². The molecule has 1 unspecified atom stereocenters. The summed E-state index contributed by atoms with van der Waals surface area (Å²) >= 11 is 0. The summed E-state index contributed by atoms with van der Waals surface area (Å²) in [6.45, 7) is 3.83. The van der Waals surface area contributed by atoms with Gasteiger partial charge in [0.05, 0.1) is 12.7 Å². The molecule has 1 atom stereocenters. The third kappa shape index (κ3) is 7.35. The second kappa shape index (κ2) is 9.43. The molecule has 0 saturated heterocycles. The van der Waals surface area contributed by atoms with Crippen LogP contribution < -0.4 is 0 Å². The maximum absolute atomic E-state index is 5.63. The molecule has 1 heterocycles. The maximum Gasteiger partial charge on any atom is 0.0755 e. The van der Waals surface area contributed by atoms with Crippen LogP contribution in [0.2, 0.25) is 0 Å². The van der Waals surface area contributed by atoms with Gasteiger partial charge in [0.25, 0.3) is 0 Å². The van der Waals surface area contributed by atoms with Gasteiger partial charge in [-0.1, -0.05) is 30.2 Å². The zero-order chi connectivity index (χ0) is 12.3. The third-order valence-corrected chi connectivity index (χ3v) is 3.09. The van der Waals surface area contributed by atoms with E-state index in [0.717, 1.165) is 32.5 Å². The summed E-state index contributed by atoms with van der Waals surface area (Å²) in [4.78, 5) is 0. The van der Waals surface area contributed by atoms with Gasteiger partial charge < -0.3 is 9.47 Å². The van der Waals surface area contributed by atoms with E-state index in [9.17, 15) is 0 Å². The first-order valence-corrected chi connectivity index (χ1v) is 6.75. The number of hydrogen-bond acceptors (Lipinski definition) is 2. The fourth-order valence-electron chi connectivity index (χ4n) is 1.97. The Morgan fingerprint density at radius 1 is 1.24 bits per heavy atom. The van der Waals surface area contributed by atoms with Crippen molar-refractivity contribution >= 4 is 0 Å². The molecule has 0 radical (unpaired) electrons.